The number of benzene rings is 1. The van der Waals surface area contributed by atoms with Gasteiger partial charge in [0.1, 0.15) is 10.0 Å². The van der Waals surface area contributed by atoms with Gasteiger partial charge in [0.2, 0.25) is 10.0 Å². The normalized spacial score (nSPS) is 17.0. The molecule has 1 aromatic heterocycles. The number of pyridine rings is 1. The molecule has 0 spiro atoms. The third-order valence-corrected chi connectivity index (χ3v) is 6.77. The fourth-order valence-corrected chi connectivity index (χ4v) is 5.10. The summed E-state index contributed by atoms with van der Waals surface area (Å²) in [6, 6.07) is 8.69. The third-order valence-electron chi connectivity index (χ3n) is 4.25. The zero-order chi connectivity index (χ0) is 19.4. The topological polar surface area (TPSA) is 71.5 Å². The van der Waals surface area contributed by atoms with Gasteiger partial charge in [0.05, 0.1) is 13.2 Å². The molecule has 1 saturated heterocycles. The molecule has 1 fully saturated rings. The molecule has 2 aromatic rings. The van der Waals surface area contributed by atoms with Gasteiger partial charge in [-0.1, -0.05) is 35.3 Å². The number of aromatic nitrogens is 1. The van der Waals surface area contributed by atoms with Crippen LogP contribution in [0.15, 0.2) is 45.9 Å². The van der Waals surface area contributed by atoms with Gasteiger partial charge < -0.3 is 4.74 Å². The molecule has 0 radical (unpaired) electrons. The number of morpholine rings is 1. The highest BCUT2D eigenvalue weighted by molar-refractivity contribution is 9.10. The van der Waals surface area contributed by atoms with Crippen molar-refractivity contribution in [3.05, 3.63) is 56.7 Å². The summed E-state index contributed by atoms with van der Waals surface area (Å²) in [5, 5.41) is 0.532. The molecule has 3 rings (SSSR count). The van der Waals surface area contributed by atoms with Crippen LogP contribution in [0.25, 0.3) is 0 Å². The number of nitrogens with zero attached hydrogens (tertiary/aromatic N) is 2. The Morgan fingerprint density at radius 3 is 2.70 bits per heavy atom. The SMILES string of the molecule is O=S(=O)(NCC(c1cccc(Cl)c1)N1CCOCC1)c1cc(Br)cnc1Cl. The molecule has 0 saturated carbocycles. The average molecular weight is 495 g/mol. The van der Waals surface area contributed by atoms with Crippen LogP contribution in [0.1, 0.15) is 11.6 Å². The van der Waals surface area contributed by atoms with Crippen LogP contribution in [0.3, 0.4) is 0 Å². The van der Waals surface area contributed by atoms with Gasteiger partial charge >= 0.3 is 0 Å². The summed E-state index contributed by atoms with van der Waals surface area (Å²) in [6.45, 7) is 2.79. The van der Waals surface area contributed by atoms with Crippen LogP contribution in [0.2, 0.25) is 10.2 Å². The molecule has 10 heteroatoms. The van der Waals surface area contributed by atoms with Gasteiger partial charge in [0, 0.05) is 41.4 Å². The van der Waals surface area contributed by atoms with Gasteiger partial charge in [-0.3, -0.25) is 4.90 Å². The van der Waals surface area contributed by atoms with E-state index in [4.69, 9.17) is 27.9 Å². The number of hydrogen-bond donors (Lipinski definition) is 1. The van der Waals surface area contributed by atoms with E-state index >= 15 is 0 Å². The van der Waals surface area contributed by atoms with Crippen LogP contribution in [-0.4, -0.2) is 51.1 Å². The lowest BCUT2D eigenvalue weighted by Crippen LogP contribution is -2.43. The average Bonchev–Trinajstić information content (AvgIpc) is 2.65. The van der Waals surface area contributed by atoms with Gasteiger partial charge in [-0.05, 0) is 39.7 Å². The Hall–Kier alpha value is -0.740. The zero-order valence-corrected chi connectivity index (χ0v) is 18.2. The number of sulfonamides is 1. The maximum atomic E-state index is 12.8. The molecule has 6 nitrogen and oxygen atoms in total. The van der Waals surface area contributed by atoms with Crippen LogP contribution in [-0.2, 0) is 14.8 Å². The summed E-state index contributed by atoms with van der Waals surface area (Å²) in [5.41, 5.74) is 0.936. The van der Waals surface area contributed by atoms with Crippen molar-refractivity contribution in [3.8, 4) is 0 Å². The Morgan fingerprint density at radius 1 is 1.26 bits per heavy atom. The maximum absolute atomic E-state index is 12.8. The third kappa shape index (κ3) is 5.41. The molecule has 2 heterocycles. The second-order valence-electron chi connectivity index (χ2n) is 6.01. The van der Waals surface area contributed by atoms with E-state index in [0.29, 0.717) is 35.8 Å². The second kappa shape index (κ2) is 9.17. The summed E-state index contributed by atoms with van der Waals surface area (Å²) < 4.78 is 34.1. The molecule has 1 N–H and O–H groups in total. The standard InChI is InChI=1S/C17H18BrCl2N3O3S/c18-13-9-16(17(20)21-10-13)27(24,25)22-11-15(23-4-6-26-7-5-23)12-2-1-3-14(19)8-12/h1-3,8-10,15,22H,4-7,11H2. The molecule has 146 valence electrons. The monoisotopic (exact) mass is 493 g/mol. The Morgan fingerprint density at radius 2 is 2.00 bits per heavy atom. The predicted octanol–water partition coefficient (Wildman–Crippen LogP) is 3.50. The van der Waals surface area contributed by atoms with Crippen LogP contribution in [0.5, 0.6) is 0 Å². The highest BCUT2D eigenvalue weighted by Gasteiger charge is 2.26. The lowest BCUT2D eigenvalue weighted by molar-refractivity contribution is 0.0172. The maximum Gasteiger partial charge on any atom is 0.243 e. The highest BCUT2D eigenvalue weighted by atomic mass is 79.9. The van der Waals surface area contributed by atoms with E-state index in [1.807, 2.05) is 18.2 Å². The van der Waals surface area contributed by atoms with Crippen molar-refractivity contribution in [1.29, 1.82) is 0 Å². The van der Waals surface area contributed by atoms with Crippen molar-refractivity contribution in [2.24, 2.45) is 0 Å². The van der Waals surface area contributed by atoms with Crippen LogP contribution < -0.4 is 4.72 Å². The number of ether oxygens (including phenoxy) is 1. The number of hydrogen-bond acceptors (Lipinski definition) is 5. The van der Waals surface area contributed by atoms with Gasteiger partial charge in [-0.15, -0.1) is 0 Å². The molecule has 0 amide bonds. The highest BCUT2D eigenvalue weighted by Crippen LogP contribution is 2.26. The van der Waals surface area contributed by atoms with Crippen LogP contribution >= 0.6 is 39.1 Å². The largest absolute Gasteiger partial charge is 0.379 e. The van der Waals surface area contributed by atoms with Crippen molar-refractivity contribution < 1.29 is 13.2 Å². The number of halogens is 3. The Balaban J connectivity index is 1.84. The fourth-order valence-electron chi connectivity index (χ4n) is 2.92. The molecular formula is C17H18BrCl2N3O3S. The van der Waals surface area contributed by atoms with Crippen LogP contribution in [0.4, 0.5) is 0 Å². The van der Waals surface area contributed by atoms with Gasteiger partial charge in [0.25, 0.3) is 0 Å². The predicted molar refractivity (Wildman–Crippen MR) is 109 cm³/mol. The minimum absolute atomic E-state index is 0.0645. The second-order valence-corrected chi connectivity index (χ2v) is 9.46. The molecule has 1 aromatic carbocycles. The molecular weight excluding hydrogens is 477 g/mol. The smallest absolute Gasteiger partial charge is 0.243 e. The lowest BCUT2D eigenvalue weighted by atomic mass is 10.1. The quantitative estimate of drug-likeness (QED) is 0.622. The Kier molecular flexibility index (Phi) is 7.13. The van der Waals surface area contributed by atoms with Gasteiger partial charge in [-0.25, -0.2) is 18.1 Å². The van der Waals surface area contributed by atoms with E-state index in [1.54, 1.807) is 6.07 Å². The minimum Gasteiger partial charge on any atom is -0.379 e. The molecule has 0 bridgehead atoms. The Bertz CT molecular complexity index is 908. The fraction of sp³-hybridized carbons (Fsp3) is 0.353. The molecule has 27 heavy (non-hydrogen) atoms. The van der Waals surface area contributed by atoms with Crippen molar-refractivity contribution in [1.82, 2.24) is 14.6 Å². The van der Waals surface area contributed by atoms with Crippen molar-refractivity contribution in [2.45, 2.75) is 10.9 Å². The summed E-state index contributed by atoms with van der Waals surface area (Å²) in [7, 11) is -3.83. The molecule has 1 aliphatic rings. The summed E-state index contributed by atoms with van der Waals surface area (Å²) >= 11 is 15.4. The molecule has 1 atom stereocenters. The number of nitrogens with one attached hydrogen (secondary N) is 1. The van der Waals surface area contributed by atoms with Gasteiger partial charge in [0.15, 0.2) is 0 Å². The van der Waals surface area contributed by atoms with E-state index in [9.17, 15) is 8.42 Å². The first-order valence-electron chi connectivity index (χ1n) is 8.25. The van der Waals surface area contributed by atoms with Crippen molar-refractivity contribution in [2.75, 3.05) is 32.8 Å². The first-order chi connectivity index (χ1) is 12.9. The Labute approximate surface area is 177 Å². The van der Waals surface area contributed by atoms with Crippen molar-refractivity contribution >= 4 is 49.2 Å². The first kappa shape index (κ1) is 21.0. The summed E-state index contributed by atoms with van der Waals surface area (Å²) in [4.78, 5) is 6.00. The first-order valence-corrected chi connectivity index (χ1v) is 11.3. The minimum atomic E-state index is -3.83. The lowest BCUT2D eigenvalue weighted by Gasteiger charge is -2.35. The number of rotatable bonds is 6. The van der Waals surface area contributed by atoms with E-state index in [2.05, 4.69) is 30.5 Å². The van der Waals surface area contributed by atoms with E-state index in [1.165, 1.54) is 12.3 Å². The zero-order valence-electron chi connectivity index (χ0n) is 14.2. The van der Waals surface area contributed by atoms with Crippen LogP contribution in [0, 0.1) is 0 Å². The molecule has 1 aliphatic heterocycles. The molecule has 1 unspecified atom stereocenters. The molecule has 0 aliphatic carbocycles. The van der Waals surface area contributed by atoms with Gasteiger partial charge in [-0.2, -0.15) is 0 Å². The van der Waals surface area contributed by atoms with E-state index < -0.39 is 10.0 Å². The van der Waals surface area contributed by atoms with Crippen molar-refractivity contribution in [3.63, 3.8) is 0 Å². The van der Waals surface area contributed by atoms with E-state index in [0.717, 1.165) is 5.56 Å². The summed E-state index contributed by atoms with van der Waals surface area (Å²) in [6.07, 6.45) is 1.45. The summed E-state index contributed by atoms with van der Waals surface area (Å²) in [5.74, 6) is 0. The van der Waals surface area contributed by atoms with E-state index in [-0.39, 0.29) is 22.6 Å².